The van der Waals surface area contributed by atoms with Crippen molar-refractivity contribution < 1.29 is 4.79 Å². The summed E-state index contributed by atoms with van der Waals surface area (Å²) in [7, 11) is 1.71. The molecule has 3 aromatic rings. The second-order valence-corrected chi connectivity index (χ2v) is 6.57. The number of nitrogens with zero attached hydrogens (tertiary/aromatic N) is 2. The first-order valence-corrected chi connectivity index (χ1v) is 8.08. The van der Waals surface area contributed by atoms with Crippen LogP contribution in [0, 0.1) is 6.92 Å². The molecule has 21 heavy (non-hydrogen) atoms. The molecule has 0 radical (unpaired) electrons. The Hall–Kier alpha value is -1.99. The van der Waals surface area contributed by atoms with Gasteiger partial charge in [-0.1, -0.05) is 0 Å². The predicted octanol–water partition coefficient (Wildman–Crippen LogP) is 2.63. The molecule has 0 spiro atoms. The van der Waals surface area contributed by atoms with Crippen molar-refractivity contribution >= 4 is 38.8 Å². The summed E-state index contributed by atoms with van der Waals surface area (Å²) >= 11 is 2.78. The van der Waals surface area contributed by atoms with E-state index in [-0.39, 0.29) is 18.0 Å². The molecule has 0 fully saturated rings. The second kappa shape index (κ2) is 5.42. The van der Waals surface area contributed by atoms with Crippen LogP contribution in [0.1, 0.15) is 21.1 Å². The Bertz CT molecular complexity index is 862. The van der Waals surface area contributed by atoms with Gasteiger partial charge in [-0.15, -0.1) is 22.7 Å². The number of rotatable bonds is 3. The molecule has 0 unspecified atom stereocenters. The van der Waals surface area contributed by atoms with Crippen molar-refractivity contribution in [3.63, 3.8) is 0 Å². The lowest BCUT2D eigenvalue weighted by Crippen LogP contribution is -2.28. The molecule has 0 aliphatic rings. The number of H-pyrrole nitrogens is 1. The van der Waals surface area contributed by atoms with Gasteiger partial charge in [0.05, 0.1) is 16.9 Å². The maximum absolute atomic E-state index is 12.3. The molecular formula is C14H13N3O2S2. The Morgan fingerprint density at radius 1 is 1.33 bits per heavy atom. The lowest BCUT2D eigenvalue weighted by molar-refractivity contribution is 0.0785. The van der Waals surface area contributed by atoms with Gasteiger partial charge in [0.25, 0.3) is 11.5 Å². The maximum atomic E-state index is 12.3. The van der Waals surface area contributed by atoms with Crippen LogP contribution in [0.25, 0.3) is 10.2 Å². The zero-order valence-electron chi connectivity index (χ0n) is 11.5. The van der Waals surface area contributed by atoms with Gasteiger partial charge in [0.2, 0.25) is 0 Å². The number of aryl methyl sites for hydroxylation is 1. The van der Waals surface area contributed by atoms with Crippen molar-refractivity contribution in [2.75, 3.05) is 7.05 Å². The lowest BCUT2D eigenvalue weighted by atomic mass is 10.2. The van der Waals surface area contributed by atoms with E-state index in [0.717, 1.165) is 10.4 Å². The van der Waals surface area contributed by atoms with Gasteiger partial charge >= 0.3 is 0 Å². The first-order valence-electron chi connectivity index (χ1n) is 6.32. The van der Waals surface area contributed by atoms with Gasteiger partial charge in [-0.3, -0.25) is 9.59 Å². The molecule has 3 aromatic heterocycles. The lowest BCUT2D eigenvalue weighted by Gasteiger charge is -2.16. The Labute approximate surface area is 128 Å². The molecule has 1 N–H and O–H groups in total. The highest BCUT2D eigenvalue weighted by molar-refractivity contribution is 7.17. The average Bonchev–Trinajstić information content (AvgIpc) is 3.06. The molecule has 3 rings (SSSR count). The van der Waals surface area contributed by atoms with Crippen molar-refractivity contribution in [3.05, 3.63) is 49.5 Å². The molecule has 0 aliphatic heterocycles. The molecule has 0 saturated heterocycles. The number of aromatic amines is 1. The van der Waals surface area contributed by atoms with Gasteiger partial charge in [-0.05, 0) is 35.4 Å². The Morgan fingerprint density at radius 2 is 2.10 bits per heavy atom. The summed E-state index contributed by atoms with van der Waals surface area (Å²) in [5, 5.41) is 3.73. The highest BCUT2D eigenvalue weighted by atomic mass is 32.1. The van der Waals surface area contributed by atoms with Crippen molar-refractivity contribution in [2.45, 2.75) is 13.5 Å². The van der Waals surface area contributed by atoms with Crippen LogP contribution in [0.3, 0.4) is 0 Å². The van der Waals surface area contributed by atoms with Crippen molar-refractivity contribution in [1.29, 1.82) is 0 Å². The molecule has 0 atom stereocenters. The van der Waals surface area contributed by atoms with Gasteiger partial charge < -0.3 is 9.88 Å². The van der Waals surface area contributed by atoms with E-state index in [0.29, 0.717) is 16.0 Å². The van der Waals surface area contributed by atoms with E-state index < -0.39 is 0 Å². The summed E-state index contributed by atoms with van der Waals surface area (Å²) in [6.45, 7) is 2.19. The van der Waals surface area contributed by atoms with E-state index in [1.165, 1.54) is 22.7 Å². The molecule has 7 heteroatoms. The summed E-state index contributed by atoms with van der Waals surface area (Å²) in [4.78, 5) is 33.7. The van der Waals surface area contributed by atoms with Crippen molar-refractivity contribution in [3.8, 4) is 0 Å². The summed E-state index contributed by atoms with van der Waals surface area (Å²) in [5.74, 6) is 0.437. The molecule has 1 amide bonds. The third-order valence-electron chi connectivity index (χ3n) is 3.15. The van der Waals surface area contributed by atoms with Gasteiger partial charge in [-0.25, -0.2) is 4.98 Å². The van der Waals surface area contributed by atoms with Crippen molar-refractivity contribution in [2.24, 2.45) is 0 Å². The molecule has 3 heterocycles. The molecule has 108 valence electrons. The topological polar surface area (TPSA) is 66.1 Å². The van der Waals surface area contributed by atoms with Gasteiger partial charge in [-0.2, -0.15) is 0 Å². The number of thiophene rings is 2. The summed E-state index contributed by atoms with van der Waals surface area (Å²) in [6.07, 6.45) is 0. The predicted molar refractivity (Wildman–Crippen MR) is 85.1 cm³/mol. The van der Waals surface area contributed by atoms with Gasteiger partial charge in [0, 0.05) is 7.05 Å². The Morgan fingerprint density at radius 3 is 2.81 bits per heavy atom. The second-order valence-electron chi connectivity index (χ2n) is 4.74. The van der Waals surface area contributed by atoms with E-state index in [1.807, 2.05) is 29.8 Å². The fraction of sp³-hybridized carbons (Fsp3) is 0.214. The fourth-order valence-corrected chi connectivity index (χ4v) is 3.70. The monoisotopic (exact) mass is 319 g/mol. The zero-order chi connectivity index (χ0) is 15.0. The largest absolute Gasteiger partial charge is 0.334 e. The van der Waals surface area contributed by atoms with Crippen LogP contribution in [0.5, 0.6) is 0 Å². The minimum Gasteiger partial charge on any atom is -0.334 e. The van der Waals surface area contributed by atoms with Crippen LogP contribution in [-0.4, -0.2) is 27.8 Å². The van der Waals surface area contributed by atoms with Crippen LogP contribution in [0.4, 0.5) is 0 Å². The third-order valence-corrected chi connectivity index (χ3v) is 5.06. The third kappa shape index (κ3) is 2.62. The van der Waals surface area contributed by atoms with E-state index in [1.54, 1.807) is 11.9 Å². The molecular weight excluding hydrogens is 306 g/mol. The number of carbonyl (C=O) groups is 1. The summed E-state index contributed by atoms with van der Waals surface area (Å²) in [6, 6.07) is 3.73. The molecule has 0 saturated carbocycles. The van der Waals surface area contributed by atoms with E-state index in [2.05, 4.69) is 9.97 Å². The normalized spacial score (nSPS) is 11.0. The quantitative estimate of drug-likeness (QED) is 0.807. The molecule has 0 aromatic carbocycles. The van der Waals surface area contributed by atoms with Crippen LogP contribution in [-0.2, 0) is 6.54 Å². The molecule has 5 nitrogen and oxygen atoms in total. The standard InChI is InChI=1S/C14H13N3O2S2/c1-8-3-5-20-11(8)14(19)17(2)7-10-15-9-4-6-21-12(9)13(18)16-10/h3-6H,7H2,1-2H3,(H,15,16,18). The first-order chi connectivity index (χ1) is 10.1. The van der Waals surface area contributed by atoms with E-state index in [9.17, 15) is 9.59 Å². The van der Waals surface area contributed by atoms with Crippen molar-refractivity contribution in [1.82, 2.24) is 14.9 Å². The smallest absolute Gasteiger partial charge is 0.268 e. The van der Waals surface area contributed by atoms with E-state index >= 15 is 0 Å². The minimum absolute atomic E-state index is 0.0597. The van der Waals surface area contributed by atoms with Crippen LogP contribution < -0.4 is 5.56 Å². The summed E-state index contributed by atoms with van der Waals surface area (Å²) in [5.41, 5.74) is 1.48. The van der Waals surface area contributed by atoms with Crippen LogP contribution >= 0.6 is 22.7 Å². The van der Waals surface area contributed by atoms with E-state index in [4.69, 9.17) is 0 Å². The van der Waals surface area contributed by atoms with Crippen LogP contribution in [0.15, 0.2) is 27.7 Å². The van der Waals surface area contributed by atoms with Gasteiger partial charge in [0.1, 0.15) is 10.5 Å². The number of carbonyl (C=O) groups excluding carboxylic acids is 1. The number of amides is 1. The number of fused-ring (bicyclic) bond motifs is 1. The molecule has 0 aliphatic carbocycles. The number of aromatic nitrogens is 2. The highest BCUT2D eigenvalue weighted by Crippen LogP contribution is 2.18. The number of hydrogen-bond acceptors (Lipinski definition) is 5. The fourth-order valence-electron chi connectivity index (χ4n) is 2.06. The summed E-state index contributed by atoms with van der Waals surface area (Å²) < 4.78 is 0.613. The highest BCUT2D eigenvalue weighted by Gasteiger charge is 2.17. The number of hydrogen-bond donors (Lipinski definition) is 1. The van der Waals surface area contributed by atoms with Crippen LogP contribution in [0.2, 0.25) is 0 Å². The first kappa shape index (κ1) is 14.0. The SMILES string of the molecule is Cc1ccsc1C(=O)N(C)Cc1nc2ccsc2c(=O)[nH]1. The minimum atomic E-state index is -0.154. The van der Waals surface area contributed by atoms with Gasteiger partial charge in [0.15, 0.2) is 0 Å². The Balaban J connectivity index is 1.86. The number of nitrogens with one attached hydrogen (secondary N) is 1. The Kier molecular flexibility index (Phi) is 3.60. The molecule has 0 bridgehead atoms. The average molecular weight is 319 g/mol. The zero-order valence-corrected chi connectivity index (χ0v) is 13.2. The maximum Gasteiger partial charge on any atom is 0.268 e.